The van der Waals surface area contributed by atoms with Crippen LogP contribution in [0.15, 0.2) is 0 Å². The number of hydrogen-bond donors (Lipinski definition) is 16. The van der Waals surface area contributed by atoms with Crippen molar-refractivity contribution in [3.05, 3.63) is 0 Å². The Balaban J connectivity index is 1.68. The van der Waals surface area contributed by atoms with Gasteiger partial charge in [-0.2, -0.15) is 0 Å². The maximum absolute atomic E-state index is 11.6. The van der Waals surface area contributed by atoms with Crippen molar-refractivity contribution in [2.45, 2.75) is 271 Å². The van der Waals surface area contributed by atoms with E-state index in [2.05, 4.69) is 20.8 Å². The highest BCUT2D eigenvalue weighted by atomic mass is 16.8. The number of unbranched alkanes of at least 4 members (excludes halogenated alkanes) is 12. The Morgan fingerprint density at radius 1 is 0.294 bits per heavy atom. The zero-order valence-electron chi connectivity index (χ0n) is 49.5. The molecule has 5 fully saturated rings. The maximum atomic E-state index is 11.6. The minimum absolute atomic E-state index is 0.00526. The highest BCUT2D eigenvalue weighted by molar-refractivity contribution is 5.00. The van der Waals surface area contributed by atoms with Gasteiger partial charge in [0.25, 0.3) is 0 Å². The number of aliphatic hydroxyl groups excluding tert-OH is 16. The Bertz CT molecular complexity index is 1700. The zero-order chi connectivity index (χ0) is 62.2. The normalized spacial score (nSPS) is 39.4. The van der Waals surface area contributed by atoms with Crippen LogP contribution < -0.4 is 0 Å². The molecule has 29 heteroatoms. The van der Waals surface area contributed by atoms with Gasteiger partial charge in [-0.25, -0.2) is 0 Å². The van der Waals surface area contributed by atoms with Gasteiger partial charge in [0.05, 0.1) is 64.9 Å². The summed E-state index contributed by atoms with van der Waals surface area (Å²) in [6.07, 6.45) is -34.0. The van der Waals surface area contributed by atoms with Crippen LogP contribution in [-0.2, 0) is 61.6 Å². The first kappa shape index (κ1) is 74.6. The van der Waals surface area contributed by atoms with E-state index in [1.807, 2.05) is 0 Å². The molecule has 29 nitrogen and oxygen atoms in total. The molecule has 502 valence electrons. The second-order valence-electron chi connectivity index (χ2n) is 23.2. The Morgan fingerprint density at radius 2 is 0.600 bits per heavy atom. The molecule has 0 spiro atoms. The van der Waals surface area contributed by atoms with Gasteiger partial charge < -0.3 is 143 Å². The Kier molecular flexibility index (Phi) is 33.9. The van der Waals surface area contributed by atoms with E-state index in [4.69, 9.17) is 61.6 Å². The molecule has 16 N–H and O–H groups in total. The van der Waals surface area contributed by atoms with Gasteiger partial charge in [0.15, 0.2) is 31.5 Å². The van der Waals surface area contributed by atoms with Crippen LogP contribution in [0.2, 0.25) is 0 Å². The highest BCUT2D eigenvalue weighted by Crippen LogP contribution is 2.39. The lowest BCUT2D eigenvalue weighted by Gasteiger charge is -2.51. The van der Waals surface area contributed by atoms with E-state index < -0.39 is 192 Å². The fourth-order valence-electron chi connectivity index (χ4n) is 10.8. The lowest BCUT2D eigenvalue weighted by atomic mass is 9.91. The largest absolute Gasteiger partial charge is 0.394 e. The van der Waals surface area contributed by atoms with Gasteiger partial charge in [-0.15, -0.1) is 0 Å². The van der Waals surface area contributed by atoms with Crippen LogP contribution in [0.25, 0.3) is 0 Å². The van der Waals surface area contributed by atoms with Gasteiger partial charge >= 0.3 is 0 Å². The van der Waals surface area contributed by atoms with Crippen molar-refractivity contribution in [1.29, 1.82) is 0 Å². The fourth-order valence-corrected chi connectivity index (χ4v) is 10.8. The summed E-state index contributed by atoms with van der Waals surface area (Å²) >= 11 is 0. The summed E-state index contributed by atoms with van der Waals surface area (Å²) in [5.41, 5.74) is -1.17. The van der Waals surface area contributed by atoms with Crippen LogP contribution in [0, 0.1) is 5.41 Å². The summed E-state index contributed by atoms with van der Waals surface area (Å²) in [5, 5.41) is 174. The van der Waals surface area contributed by atoms with Crippen molar-refractivity contribution in [3.63, 3.8) is 0 Å². The average Bonchev–Trinajstić information content (AvgIpc) is 2.87. The first-order valence-corrected chi connectivity index (χ1v) is 30.7. The van der Waals surface area contributed by atoms with Crippen molar-refractivity contribution in [3.8, 4) is 0 Å². The van der Waals surface area contributed by atoms with Crippen LogP contribution in [0.4, 0.5) is 0 Å². The van der Waals surface area contributed by atoms with Crippen molar-refractivity contribution in [2.75, 3.05) is 79.3 Å². The molecule has 10 unspecified atom stereocenters. The molecule has 0 aromatic carbocycles. The van der Waals surface area contributed by atoms with Crippen LogP contribution in [-0.4, -0.2) is 315 Å². The second kappa shape index (κ2) is 38.6. The van der Waals surface area contributed by atoms with Crippen molar-refractivity contribution >= 4 is 0 Å². The monoisotopic (exact) mass is 1240 g/mol. The molecule has 0 aliphatic carbocycles. The van der Waals surface area contributed by atoms with Gasteiger partial charge in [-0.05, 0) is 19.3 Å². The Hall–Kier alpha value is -1.16. The zero-order valence-corrected chi connectivity index (χ0v) is 49.5. The average molecular weight is 1240 g/mol. The third-order valence-electron chi connectivity index (χ3n) is 16.2. The summed E-state index contributed by atoms with van der Waals surface area (Å²) in [6, 6.07) is 0. The van der Waals surface area contributed by atoms with E-state index in [0.29, 0.717) is 19.8 Å². The molecule has 5 rings (SSSR count). The predicted molar refractivity (Wildman–Crippen MR) is 291 cm³/mol. The minimum atomic E-state index is -2.17. The Morgan fingerprint density at radius 3 is 0.953 bits per heavy atom. The van der Waals surface area contributed by atoms with Gasteiger partial charge in [0.2, 0.25) is 0 Å². The van der Waals surface area contributed by atoms with Gasteiger partial charge in [0, 0.05) is 19.8 Å². The maximum Gasteiger partial charge on any atom is 0.187 e. The topological polar surface area (TPSA) is 444 Å². The van der Waals surface area contributed by atoms with E-state index >= 15 is 0 Å². The Labute approximate surface area is 497 Å². The standard InChI is InChI=1S/C56H104O29/c1-4-7-10-13-16-19-73-27-56(28-74-20-17-14-11-8-5-2,29-75-21-18-15-12-9-6-3)30-77-55-50(85-54-47(72)43(68)39(64)34(25-60)81-54)49(84-53-46(71)42(67)38(63)33(24-59)80-53)48(83-52-45(70)41(66)37(62)32(23-58)79-52)35(82-55)26-76-51-44(69)40(65)36(61)31(22-57)78-51/h31-55,57-72H,4-30H2,1-3H3/t31?,32?,33?,34?,35?,36-,37-,38-,39-,40+,41+,42+,43+,44?,45?,46?,47?,48-,49+,50?,51-,52+,53+,54+,55-/m1/s1. The van der Waals surface area contributed by atoms with E-state index in [1.165, 1.54) is 0 Å². The molecule has 0 amide bonds. The molecule has 85 heavy (non-hydrogen) atoms. The number of aliphatic hydroxyl groups is 16. The fraction of sp³-hybridized carbons (Fsp3) is 1.00. The first-order valence-electron chi connectivity index (χ1n) is 30.7. The lowest BCUT2D eigenvalue weighted by molar-refractivity contribution is -0.413. The first-order chi connectivity index (χ1) is 40.8. The summed E-state index contributed by atoms with van der Waals surface area (Å²) in [6.45, 7) is 2.48. The number of hydrogen-bond acceptors (Lipinski definition) is 29. The van der Waals surface area contributed by atoms with E-state index in [1.54, 1.807) is 0 Å². The smallest absolute Gasteiger partial charge is 0.187 e. The molecule has 25 atom stereocenters. The predicted octanol–water partition coefficient (Wildman–Crippen LogP) is -3.95. The molecule has 5 aliphatic heterocycles. The van der Waals surface area contributed by atoms with Crippen molar-refractivity contribution in [2.24, 2.45) is 5.41 Å². The molecule has 0 bridgehead atoms. The van der Waals surface area contributed by atoms with Gasteiger partial charge in [-0.3, -0.25) is 0 Å². The second-order valence-corrected chi connectivity index (χ2v) is 23.2. The highest BCUT2D eigenvalue weighted by Gasteiger charge is 2.58. The molecule has 0 radical (unpaired) electrons. The van der Waals surface area contributed by atoms with Gasteiger partial charge in [0.1, 0.15) is 122 Å². The summed E-state index contributed by atoms with van der Waals surface area (Å²) in [5.74, 6) is 0. The quantitative estimate of drug-likeness (QED) is 0.0260. The van der Waals surface area contributed by atoms with Crippen molar-refractivity contribution < 1.29 is 143 Å². The van der Waals surface area contributed by atoms with Crippen LogP contribution in [0.1, 0.15) is 117 Å². The molecule has 0 aromatic heterocycles. The van der Waals surface area contributed by atoms with E-state index in [-0.39, 0.29) is 26.4 Å². The van der Waals surface area contributed by atoms with Crippen molar-refractivity contribution in [1.82, 2.24) is 0 Å². The summed E-state index contributed by atoms with van der Waals surface area (Å²) in [4.78, 5) is 0. The molecule has 5 aliphatic rings. The molecule has 0 aromatic rings. The number of rotatable bonds is 40. The summed E-state index contributed by atoms with van der Waals surface area (Å²) < 4.78 is 81.5. The molecule has 5 heterocycles. The van der Waals surface area contributed by atoms with E-state index in [9.17, 15) is 81.7 Å². The SMILES string of the molecule is CCCCCCCOCC(COCCCCCCC)(COCCCCCCC)CO[C@@H]1OC(CO[C@@H]2OC(CO)[C@@H](O)[C@H](O)C2O)[C@@H](O[C@@H]2OC(CO)[C@@H](O)[C@H](O)C2O)[C@H](O[C@@H]2OC(CO)[C@@H](O)[C@H](O)C2O)C1O[C@@H]1OC(CO)[C@@H](O)[C@H](O)C1O. The van der Waals surface area contributed by atoms with Crippen LogP contribution >= 0.6 is 0 Å². The molecular weight excluding hydrogens is 1140 g/mol. The van der Waals surface area contributed by atoms with Crippen LogP contribution in [0.3, 0.4) is 0 Å². The molecule has 0 saturated carbocycles. The third-order valence-corrected chi connectivity index (χ3v) is 16.2. The molecular formula is C56H104O29. The lowest BCUT2D eigenvalue weighted by Crippen LogP contribution is -2.69. The van der Waals surface area contributed by atoms with Gasteiger partial charge in [-0.1, -0.05) is 97.8 Å². The number of ether oxygens (including phenoxy) is 13. The summed E-state index contributed by atoms with van der Waals surface area (Å²) in [7, 11) is 0. The third kappa shape index (κ3) is 21.2. The van der Waals surface area contributed by atoms with E-state index in [0.717, 1.165) is 96.3 Å². The molecule has 5 saturated heterocycles. The van der Waals surface area contributed by atoms with Crippen LogP contribution in [0.5, 0.6) is 0 Å². The minimum Gasteiger partial charge on any atom is -0.394 e.